The number of nitrogens with zero attached hydrogens (tertiary/aromatic N) is 1. The first-order valence-corrected chi connectivity index (χ1v) is 18.7. The van der Waals surface area contributed by atoms with Crippen LogP contribution in [0.15, 0.2) is 182 Å². The third-order valence-corrected chi connectivity index (χ3v) is 12.5. The fourth-order valence-corrected chi connectivity index (χ4v) is 10.4. The van der Waals surface area contributed by atoms with Crippen LogP contribution in [0.2, 0.25) is 0 Å². The van der Waals surface area contributed by atoms with Crippen LogP contribution in [0.25, 0.3) is 49.9 Å². The number of benzene rings is 7. The van der Waals surface area contributed by atoms with Crippen molar-refractivity contribution in [1.82, 2.24) is 4.98 Å². The van der Waals surface area contributed by atoms with Crippen LogP contribution in [0.3, 0.4) is 0 Å². The van der Waals surface area contributed by atoms with Crippen LogP contribution in [0, 0.1) is 0 Å². The summed E-state index contributed by atoms with van der Waals surface area (Å²) in [5.74, 6) is 0.271. The molecule has 0 amide bonds. The Bertz CT molecular complexity index is 3030. The van der Waals surface area contributed by atoms with E-state index >= 15 is 0 Å². The standard InChI is InChI=1S/C52H33N/c1-2-13-32(14-3-1)41-30-43-38-20-7-5-18-36(38)42(31-44(43)37-19-6-4-17-35(37)41)34-26-27-47-45(29-34)51-49(25-12-28-53-51)52(47)46-23-9-8-21-39(46)40-22-10-15-33-16-11-24-48(52)50(33)40/h1-30,44H,31H2. The molecule has 1 heterocycles. The zero-order chi connectivity index (χ0) is 34.7. The van der Waals surface area contributed by atoms with Gasteiger partial charge in [0.05, 0.1) is 11.1 Å². The fraction of sp³-hybridized carbons (Fsp3) is 0.0577. The van der Waals surface area contributed by atoms with Gasteiger partial charge in [0, 0.05) is 17.7 Å². The molecule has 53 heavy (non-hydrogen) atoms. The van der Waals surface area contributed by atoms with Gasteiger partial charge in [0.1, 0.15) is 0 Å². The summed E-state index contributed by atoms with van der Waals surface area (Å²) in [6.07, 6.45) is 5.39. The highest BCUT2D eigenvalue weighted by atomic mass is 14.7. The SMILES string of the molecule is C1=C(c2ccccc2)c2ccccc2C2CC(c3ccc4c(c3)-c3ncccc3C43c4ccccc4-c4cccc5cccc3c45)=c3ccccc3=C12. The highest BCUT2D eigenvalue weighted by molar-refractivity contribution is 6.07. The van der Waals surface area contributed by atoms with Crippen molar-refractivity contribution in [3.8, 4) is 22.4 Å². The van der Waals surface area contributed by atoms with Crippen LogP contribution >= 0.6 is 0 Å². The number of hydrogen-bond acceptors (Lipinski definition) is 1. The molecule has 2 atom stereocenters. The first kappa shape index (κ1) is 29.1. The Hall–Kier alpha value is -6.57. The van der Waals surface area contributed by atoms with Crippen LogP contribution in [-0.4, -0.2) is 4.98 Å². The van der Waals surface area contributed by atoms with Crippen molar-refractivity contribution in [2.45, 2.75) is 17.8 Å². The number of pyridine rings is 1. The zero-order valence-corrected chi connectivity index (χ0v) is 29.1. The van der Waals surface area contributed by atoms with Crippen molar-refractivity contribution >= 4 is 27.5 Å². The van der Waals surface area contributed by atoms with Gasteiger partial charge in [0.25, 0.3) is 0 Å². The molecular formula is C52H33N. The fourth-order valence-electron chi connectivity index (χ4n) is 10.4. The molecule has 4 aliphatic rings. The molecule has 0 saturated carbocycles. The Labute approximate surface area is 308 Å². The molecule has 1 nitrogen and oxygen atoms in total. The minimum absolute atomic E-state index is 0.271. The minimum atomic E-state index is -0.459. The van der Waals surface area contributed by atoms with Crippen LogP contribution in [0.4, 0.5) is 0 Å². The van der Waals surface area contributed by atoms with Gasteiger partial charge in [-0.15, -0.1) is 0 Å². The smallest absolute Gasteiger partial charge is 0.0753 e. The van der Waals surface area contributed by atoms with Crippen LogP contribution in [-0.2, 0) is 5.41 Å². The molecule has 8 aromatic rings. The van der Waals surface area contributed by atoms with E-state index in [-0.39, 0.29) is 5.92 Å². The summed E-state index contributed by atoms with van der Waals surface area (Å²) >= 11 is 0. The third kappa shape index (κ3) is 3.79. The quantitative estimate of drug-likeness (QED) is 0.178. The van der Waals surface area contributed by atoms with E-state index in [4.69, 9.17) is 4.98 Å². The van der Waals surface area contributed by atoms with E-state index in [2.05, 4.69) is 176 Å². The second-order valence-electron chi connectivity index (χ2n) is 14.9. The molecule has 1 spiro atoms. The van der Waals surface area contributed by atoms with Crippen molar-refractivity contribution < 1.29 is 0 Å². The van der Waals surface area contributed by atoms with Crippen LogP contribution < -0.4 is 10.4 Å². The molecule has 0 fully saturated rings. The van der Waals surface area contributed by atoms with E-state index in [0.717, 1.165) is 12.1 Å². The largest absolute Gasteiger partial charge is 0.256 e. The maximum Gasteiger partial charge on any atom is 0.0753 e. The summed E-state index contributed by atoms with van der Waals surface area (Å²) in [7, 11) is 0. The Balaban J connectivity index is 1.13. The van der Waals surface area contributed by atoms with Gasteiger partial charge in [-0.3, -0.25) is 4.98 Å². The van der Waals surface area contributed by atoms with Gasteiger partial charge in [-0.2, -0.15) is 0 Å². The van der Waals surface area contributed by atoms with E-state index in [1.54, 1.807) is 0 Å². The monoisotopic (exact) mass is 671 g/mol. The highest BCUT2D eigenvalue weighted by Crippen LogP contribution is 2.61. The number of rotatable bonds is 2. The number of allylic oxidation sites excluding steroid dienone is 1. The lowest BCUT2D eigenvalue weighted by Crippen LogP contribution is -2.36. The van der Waals surface area contributed by atoms with Gasteiger partial charge in [-0.25, -0.2) is 0 Å². The molecule has 0 saturated heterocycles. The van der Waals surface area contributed by atoms with Crippen molar-refractivity contribution in [2.24, 2.45) is 0 Å². The van der Waals surface area contributed by atoms with Gasteiger partial charge in [0.2, 0.25) is 0 Å². The van der Waals surface area contributed by atoms with E-state index in [0.29, 0.717) is 0 Å². The molecule has 2 unspecified atom stereocenters. The summed E-state index contributed by atoms with van der Waals surface area (Å²) < 4.78 is 0. The maximum absolute atomic E-state index is 5.18. The van der Waals surface area contributed by atoms with E-state index < -0.39 is 5.41 Å². The lowest BCUT2D eigenvalue weighted by atomic mass is 9.61. The molecule has 0 aliphatic heterocycles. The average molecular weight is 672 g/mol. The maximum atomic E-state index is 5.18. The lowest BCUT2D eigenvalue weighted by Gasteiger charge is -2.39. The first-order valence-electron chi connectivity index (χ1n) is 18.7. The molecule has 246 valence electrons. The average Bonchev–Trinajstić information content (AvgIpc) is 3.52. The molecule has 1 aromatic heterocycles. The van der Waals surface area contributed by atoms with Gasteiger partial charge < -0.3 is 0 Å². The molecular weight excluding hydrogens is 639 g/mol. The second-order valence-corrected chi connectivity index (χ2v) is 14.9. The third-order valence-electron chi connectivity index (χ3n) is 12.5. The van der Waals surface area contributed by atoms with Crippen LogP contribution in [0.5, 0.6) is 0 Å². The van der Waals surface area contributed by atoms with Gasteiger partial charge in [0.15, 0.2) is 0 Å². The van der Waals surface area contributed by atoms with Crippen molar-refractivity contribution in [1.29, 1.82) is 0 Å². The van der Waals surface area contributed by atoms with Gasteiger partial charge in [-0.1, -0.05) is 158 Å². The first-order chi connectivity index (χ1) is 26.3. The topological polar surface area (TPSA) is 12.9 Å². The van der Waals surface area contributed by atoms with E-state index in [1.165, 1.54) is 99.1 Å². The zero-order valence-electron chi connectivity index (χ0n) is 29.1. The van der Waals surface area contributed by atoms with Gasteiger partial charge in [-0.05, 0) is 118 Å². The molecule has 0 radical (unpaired) electrons. The summed E-state index contributed by atoms with van der Waals surface area (Å²) in [5.41, 5.74) is 19.2. The van der Waals surface area contributed by atoms with Gasteiger partial charge >= 0.3 is 0 Å². The Morgan fingerprint density at radius 3 is 2.09 bits per heavy atom. The van der Waals surface area contributed by atoms with E-state index in [9.17, 15) is 0 Å². The summed E-state index contributed by atoms with van der Waals surface area (Å²) in [6, 6.07) is 63.4. The van der Waals surface area contributed by atoms with Crippen molar-refractivity contribution in [2.75, 3.05) is 0 Å². The predicted octanol–water partition coefficient (Wildman–Crippen LogP) is 10.6. The molecule has 0 N–H and O–H groups in total. The molecule has 12 rings (SSSR count). The Morgan fingerprint density at radius 1 is 0.491 bits per heavy atom. The second kappa shape index (κ2) is 10.7. The Kier molecular flexibility index (Phi) is 5.88. The Morgan fingerprint density at radius 2 is 1.19 bits per heavy atom. The summed E-state index contributed by atoms with van der Waals surface area (Å²) in [4.78, 5) is 5.18. The van der Waals surface area contributed by atoms with E-state index in [1.807, 2.05) is 6.20 Å². The summed E-state index contributed by atoms with van der Waals surface area (Å²) in [5, 5.41) is 5.29. The number of hydrogen-bond donors (Lipinski definition) is 0. The highest BCUT2D eigenvalue weighted by Gasteiger charge is 2.50. The molecule has 1 heteroatoms. The molecule has 7 aromatic carbocycles. The normalized spacial score (nSPS) is 18.4. The minimum Gasteiger partial charge on any atom is -0.256 e. The number of aromatic nitrogens is 1. The molecule has 0 bridgehead atoms. The van der Waals surface area contributed by atoms with Crippen molar-refractivity contribution in [3.05, 3.63) is 237 Å². The van der Waals surface area contributed by atoms with Crippen LogP contribution in [0.1, 0.15) is 56.8 Å². The lowest BCUT2D eigenvalue weighted by molar-refractivity contribution is 0.771. The van der Waals surface area contributed by atoms with Crippen molar-refractivity contribution in [3.63, 3.8) is 0 Å². The summed E-state index contributed by atoms with van der Waals surface area (Å²) in [6.45, 7) is 0. The number of fused-ring (bicyclic) bond motifs is 13. The molecule has 4 aliphatic carbocycles. The predicted molar refractivity (Wildman–Crippen MR) is 217 cm³/mol.